The molecule has 0 saturated carbocycles. The molecule has 1 aliphatic heterocycles. The number of benzene rings is 1. The Morgan fingerprint density at radius 2 is 2.26 bits per heavy atom. The van der Waals surface area contributed by atoms with Crippen molar-refractivity contribution in [2.45, 2.75) is 52.2 Å². The van der Waals surface area contributed by atoms with Crippen LogP contribution in [0.25, 0.3) is 0 Å². The molecule has 1 fully saturated rings. The topological polar surface area (TPSA) is 59.4 Å². The molecular weight excluding hydrogens is 340 g/mol. The van der Waals surface area contributed by atoms with Crippen LogP contribution in [0.5, 0.6) is 5.75 Å². The molecule has 27 heavy (non-hydrogen) atoms. The van der Waals surface area contributed by atoms with E-state index in [0.29, 0.717) is 5.56 Å². The van der Waals surface area contributed by atoms with Gasteiger partial charge in [-0.3, -0.25) is 14.4 Å². The number of nitrogens with zero attached hydrogens (tertiary/aromatic N) is 3. The summed E-state index contributed by atoms with van der Waals surface area (Å²) in [6, 6.07) is 8.35. The first kappa shape index (κ1) is 19.4. The summed E-state index contributed by atoms with van der Waals surface area (Å²) in [6.45, 7) is 7.71. The molecule has 6 heteroatoms. The molecule has 0 bridgehead atoms. The molecule has 0 spiro atoms. The Bertz CT molecular complexity index is 771. The Kier molecular flexibility index (Phi) is 6.50. The van der Waals surface area contributed by atoms with Crippen LogP contribution in [-0.4, -0.2) is 46.8 Å². The highest BCUT2D eigenvalue weighted by atomic mass is 16.5. The second kappa shape index (κ2) is 9.04. The van der Waals surface area contributed by atoms with Gasteiger partial charge in [0.15, 0.2) is 0 Å². The van der Waals surface area contributed by atoms with Gasteiger partial charge in [0.05, 0.1) is 18.9 Å². The van der Waals surface area contributed by atoms with Crippen molar-refractivity contribution < 1.29 is 9.53 Å². The number of piperidine rings is 1. The largest absolute Gasteiger partial charge is 0.497 e. The number of ether oxygens (including phenoxy) is 1. The normalized spacial score (nSPS) is 17.7. The molecule has 146 valence electrons. The van der Waals surface area contributed by atoms with Crippen LogP contribution in [0.2, 0.25) is 0 Å². The molecule has 1 aromatic heterocycles. The number of amides is 1. The smallest absolute Gasteiger partial charge is 0.255 e. The van der Waals surface area contributed by atoms with Crippen molar-refractivity contribution in [1.29, 1.82) is 0 Å². The minimum atomic E-state index is -0.0110. The van der Waals surface area contributed by atoms with Crippen molar-refractivity contribution in [3.63, 3.8) is 0 Å². The predicted octanol–water partition coefficient (Wildman–Crippen LogP) is 3.00. The Labute approximate surface area is 161 Å². The van der Waals surface area contributed by atoms with Crippen LogP contribution >= 0.6 is 0 Å². The van der Waals surface area contributed by atoms with Gasteiger partial charge >= 0.3 is 0 Å². The average Bonchev–Trinajstić information content (AvgIpc) is 3.03. The van der Waals surface area contributed by atoms with Gasteiger partial charge in [-0.1, -0.05) is 19.1 Å². The van der Waals surface area contributed by atoms with Crippen LogP contribution in [0.4, 0.5) is 0 Å². The van der Waals surface area contributed by atoms with Gasteiger partial charge in [-0.25, -0.2) is 0 Å². The van der Waals surface area contributed by atoms with Crippen LogP contribution < -0.4 is 10.1 Å². The second-order valence-electron chi connectivity index (χ2n) is 7.27. The fraction of sp³-hybridized carbons (Fsp3) is 0.524. The standard InChI is InChI=1S/C21H30N4O2/c1-4-10-25-16(2)20(13-22-25)21(26)23-18-8-6-11-24(15-18)14-17-7-5-9-19(12-17)27-3/h5,7,9,12-13,18H,4,6,8,10-11,14-15H2,1-3H3,(H,23,26). The lowest BCUT2D eigenvalue weighted by Crippen LogP contribution is -2.47. The van der Waals surface area contributed by atoms with Crippen molar-refractivity contribution >= 4 is 5.91 Å². The minimum absolute atomic E-state index is 0.0110. The molecule has 1 amide bonds. The summed E-state index contributed by atoms with van der Waals surface area (Å²) >= 11 is 0. The van der Waals surface area contributed by atoms with Crippen molar-refractivity contribution in [3.05, 3.63) is 47.3 Å². The lowest BCUT2D eigenvalue weighted by Gasteiger charge is -2.33. The first-order chi connectivity index (χ1) is 13.1. The second-order valence-corrected chi connectivity index (χ2v) is 7.27. The van der Waals surface area contributed by atoms with E-state index < -0.39 is 0 Å². The highest BCUT2D eigenvalue weighted by Crippen LogP contribution is 2.18. The summed E-state index contributed by atoms with van der Waals surface area (Å²) in [4.78, 5) is 15.1. The van der Waals surface area contributed by atoms with Crippen molar-refractivity contribution in [1.82, 2.24) is 20.0 Å². The fourth-order valence-corrected chi connectivity index (χ4v) is 3.72. The molecule has 1 aromatic carbocycles. The van der Waals surface area contributed by atoms with Crippen LogP contribution in [0, 0.1) is 6.92 Å². The Morgan fingerprint density at radius 1 is 1.41 bits per heavy atom. The van der Waals surface area contributed by atoms with Gasteiger partial charge in [0, 0.05) is 31.4 Å². The van der Waals surface area contributed by atoms with Crippen molar-refractivity contribution in [2.24, 2.45) is 0 Å². The zero-order valence-electron chi connectivity index (χ0n) is 16.6. The average molecular weight is 370 g/mol. The summed E-state index contributed by atoms with van der Waals surface area (Å²) in [7, 11) is 1.69. The lowest BCUT2D eigenvalue weighted by molar-refractivity contribution is 0.0900. The maximum absolute atomic E-state index is 12.7. The summed E-state index contributed by atoms with van der Waals surface area (Å²) in [5, 5.41) is 7.55. The summed E-state index contributed by atoms with van der Waals surface area (Å²) in [6.07, 6.45) is 4.80. The number of aryl methyl sites for hydroxylation is 1. The number of likely N-dealkylation sites (tertiary alicyclic amines) is 1. The number of hydrogen-bond acceptors (Lipinski definition) is 4. The fourth-order valence-electron chi connectivity index (χ4n) is 3.72. The van der Waals surface area contributed by atoms with E-state index in [0.717, 1.165) is 56.9 Å². The van der Waals surface area contributed by atoms with E-state index in [1.54, 1.807) is 13.3 Å². The molecule has 2 aromatic rings. The van der Waals surface area contributed by atoms with Gasteiger partial charge in [0.2, 0.25) is 0 Å². The van der Waals surface area contributed by atoms with Gasteiger partial charge in [-0.05, 0) is 50.4 Å². The molecule has 1 unspecified atom stereocenters. The Hall–Kier alpha value is -2.34. The molecule has 0 radical (unpaired) electrons. The Balaban J connectivity index is 1.58. The van der Waals surface area contributed by atoms with Crippen molar-refractivity contribution in [3.8, 4) is 5.75 Å². The van der Waals surface area contributed by atoms with E-state index in [2.05, 4.69) is 34.4 Å². The zero-order valence-corrected chi connectivity index (χ0v) is 16.6. The molecule has 0 aliphatic carbocycles. The van der Waals surface area contributed by atoms with E-state index in [-0.39, 0.29) is 11.9 Å². The molecule has 3 rings (SSSR count). The quantitative estimate of drug-likeness (QED) is 0.814. The lowest BCUT2D eigenvalue weighted by atomic mass is 10.0. The van der Waals surface area contributed by atoms with Gasteiger partial charge in [0.25, 0.3) is 5.91 Å². The number of rotatable bonds is 7. The third kappa shape index (κ3) is 4.89. The predicted molar refractivity (Wildman–Crippen MR) is 106 cm³/mol. The van der Waals surface area contributed by atoms with Gasteiger partial charge in [-0.2, -0.15) is 5.10 Å². The highest BCUT2D eigenvalue weighted by Gasteiger charge is 2.23. The van der Waals surface area contributed by atoms with Crippen LogP contribution in [-0.2, 0) is 13.1 Å². The zero-order chi connectivity index (χ0) is 19.2. The van der Waals surface area contributed by atoms with Gasteiger partial charge in [0.1, 0.15) is 5.75 Å². The highest BCUT2D eigenvalue weighted by molar-refractivity contribution is 5.95. The van der Waals surface area contributed by atoms with Crippen molar-refractivity contribution in [2.75, 3.05) is 20.2 Å². The van der Waals surface area contributed by atoms with Crippen LogP contribution in [0.3, 0.4) is 0 Å². The molecule has 1 saturated heterocycles. The number of nitrogens with one attached hydrogen (secondary N) is 1. The van der Waals surface area contributed by atoms with Gasteiger partial charge in [-0.15, -0.1) is 0 Å². The summed E-state index contributed by atoms with van der Waals surface area (Å²) in [5.74, 6) is 0.872. The molecule has 1 N–H and O–H groups in total. The molecule has 6 nitrogen and oxygen atoms in total. The summed E-state index contributed by atoms with van der Waals surface area (Å²) < 4.78 is 7.22. The third-order valence-corrected chi connectivity index (χ3v) is 5.16. The Morgan fingerprint density at radius 3 is 3.04 bits per heavy atom. The number of carbonyl (C=O) groups is 1. The monoisotopic (exact) mass is 370 g/mol. The molecule has 2 heterocycles. The minimum Gasteiger partial charge on any atom is -0.497 e. The van der Waals surface area contributed by atoms with Gasteiger partial charge < -0.3 is 10.1 Å². The number of methoxy groups -OCH3 is 1. The maximum atomic E-state index is 12.7. The molecule has 1 atom stereocenters. The SMILES string of the molecule is CCCn1ncc(C(=O)NC2CCCN(Cc3cccc(OC)c3)C2)c1C. The maximum Gasteiger partial charge on any atom is 0.255 e. The number of hydrogen-bond donors (Lipinski definition) is 1. The summed E-state index contributed by atoms with van der Waals surface area (Å²) in [5.41, 5.74) is 2.87. The van der Waals surface area contributed by atoms with E-state index >= 15 is 0 Å². The van der Waals surface area contributed by atoms with Crippen LogP contribution in [0.15, 0.2) is 30.5 Å². The van der Waals surface area contributed by atoms with E-state index in [4.69, 9.17) is 4.74 Å². The molecule has 1 aliphatic rings. The van der Waals surface area contributed by atoms with E-state index in [1.165, 1.54) is 5.56 Å². The first-order valence-corrected chi connectivity index (χ1v) is 9.79. The van der Waals surface area contributed by atoms with E-state index in [9.17, 15) is 4.79 Å². The number of carbonyl (C=O) groups excluding carboxylic acids is 1. The first-order valence-electron chi connectivity index (χ1n) is 9.79. The van der Waals surface area contributed by atoms with Crippen LogP contribution in [0.1, 0.15) is 47.8 Å². The third-order valence-electron chi connectivity index (χ3n) is 5.16. The number of aromatic nitrogens is 2. The van der Waals surface area contributed by atoms with E-state index in [1.807, 2.05) is 23.7 Å². The molecular formula is C21H30N4O2.